The zero-order chi connectivity index (χ0) is 22.1. The van der Waals surface area contributed by atoms with E-state index in [1.54, 1.807) is 69.3 Å². The lowest BCUT2D eigenvalue weighted by molar-refractivity contribution is 0.0419. The molecule has 162 valence electrons. The van der Waals surface area contributed by atoms with Crippen molar-refractivity contribution in [2.24, 2.45) is 0 Å². The molecule has 2 atom stereocenters. The van der Waals surface area contributed by atoms with Crippen LogP contribution in [0.5, 0.6) is 0 Å². The van der Waals surface area contributed by atoms with Crippen molar-refractivity contribution in [2.45, 2.75) is 56.8 Å². The van der Waals surface area contributed by atoms with Gasteiger partial charge in [0.25, 0.3) is 10.0 Å². The smallest absolute Gasteiger partial charge is 0.407 e. The van der Waals surface area contributed by atoms with E-state index in [4.69, 9.17) is 4.74 Å². The number of ether oxygens (including phenoxy) is 1. The van der Waals surface area contributed by atoms with Crippen LogP contribution in [0.25, 0.3) is 0 Å². The van der Waals surface area contributed by atoms with Gasteiger partial charge >= 0.3 is 6.09 Å². The number of benzene rings is 2. The largest absolute Gasteiger partial charge is 0.444 e. The highest BCUT2D eigenvalue weighted by atomic mass is 32.2. The van der Waals surface area contributed by atoms with Gasteiger partial charge < -0.3 is 15.2 Å². The van der Waals surface area contributed by atoms with Crippen molar-refractivity contribution in [1.82, 2.24) is 5.32 Å². The maximum absolute atomic E-state index is 13.4. The summed E-state index contributed by atoms with van der Waals surface area (Å²) in [5.74, 6) is 0. The fourth-order valence-electron chi connectivity index (χ4n) is 3.41. The van der Waals surface area contributed by atoms with E-state index in [-0.39, 0.29) is 17.9 Å². The van der Waals surface area contributed by atoms with Gasteiger partial charge in [-0.3, -0.25) is 4.31 Å². The number of nitrogens with one attached hydrogen (secondary N) is 1. The van der Waals surface area contributed by atoms with E-state index in [0.717, 1.165) is 5.56 Å². The molecule has 0 saturated heterocycles. The Morgan fingerprint density at radius 3 is 2.40 bits per heavy atom. The number of carbonyl (C=O) groups is 1. The summed E-state index contributed by atoms with van der Waals surface area (Å²) in [4.78, 5) is 12.4. The number of aryl methyl sites for hydroxylation is 1. The van der Waals surface area contributed by atoms with E-state index in [0.29, 0.717) is 11.3 Å². The second-order valence-corrected chi connectivity index (χ2v) is 10.3. The molecule has 30 heavy (non-hydrogen) atoms. The molecule has 1 heterocycles. The van der Waals surface area contributed by atoms with E-state index in [2.05, 4.69) is 5.32 Å². The number of para-hydroxylation sites is 1. The predicted molar refractivity (Wildman–Crippen MR) is 115 cm³/mol. The van der Waals surface area contributed by atoms with Gasteiger partial charge in [-0.1, -0.05) is 35.9 Å². The number of nitrogens with zero attached hydrogens (tertiary/aromatic N) is 1. The lowest BCUT2D eigenvalue weighted by atomic mass is 10.0. The third kappa shape index (κ3) is 4.76. The molecule has 0 fully saturated rings. The average Bonchev–Trinajstić information content (AvgIpc) is 2.78. The number of aliphatic hydroxyl groups excluding tert-OH is 1. The maximum Gasteiger partial charge on any atom is 0.407 e. The van der Waals surface area contributed by atoms with E-state index in [1.807, 2.05) is 6.92 Å². The molecule has 2 N–H and O–H groups in total. The number of rotatable bonds is 3. The molecular weight excluding hydrogens is 404 g/mol. The lowest BCUT2D eigenvalue weighted by Gasteiger charge is -2.25. The molecule has 0 radical (unpaired) electrons. The Kier molecular flexibility index (Phi) is 6.10. The van der Waals surface area contributed by atoms with Gasteiger partial charge in [0.1, 0.15) is 11.7 Å². The first-order chi connectivity index (χ1) is 14.0. The van der Waals surface area contributed by atoms with Gasteiger partial charge in [-0.15, -0.1) is 0 Å². The quantitative estimate of drug-likeness (QED) is 0.774. The van der Waals surface area contributed by atoms with Crippen molar-refractivity contribution in [3.05, 3.63) is 59.7 Å². The SMILES string of the molecule is Cc1ccc(S(=O)(=O)N2CCC(NC(=O)OC(C)(C)C)C(O)c3ccccc32)cc1. The van der Waals surface area contributed by atoms with Gasteiger partial charge in [-0.05, 0) is 52.3 Å². The van der Waals surface area contributed by atoms with Crippen LogP contribution >= 0.6 is 0 Å². The minimum absolute atomic E-state index is 0.102. The van der Waals surface area contributed by atoms with Crippen molar-refractivity contribution in [3.63, 3.8) is 0 Å². The first-order valence-corrected chi connectivity index (χ1v) is 11.3. The van der Waals surface area contributed by atoms with Crippen LogP contribution in [-0.2, 0) is 14.8 Å². The fourth-order valence-corrected chi connectivity index (χ4v) is 4.92. The van der Waals surface area contributed by atoms with Crippen LogP contribution in [0.15, 0.2) is 53.4 Å². The monoisotopic (exact) mass is 432 g/mol. The topological polar surface area (TPSA) is 95.9 Å². The van der Waals surface area contributed by atoms with Crippen molar-refractivity contribution in [1.29, 1.82) is 0 Å². The third-order valence-electron chi connectivity index (χ3n) is 4.86. The lowest BCUT2D eigenvalue weighted by Crippen LogP contribution is -2.43. The second kappa shape index (κ2) is 8.28. The first kappa shape index (κ1) is 22.1. The van der Waals surface area contributed by atoms with Crippen LogP contribution in [0.1, 0.15) is 44.4 Å². The minimum Gasteiger partial charge on any atom is -0.444 e. The zero-order valence-corrected chi connectivity index (χ0v) is 18.4. The average molecular weight is 433 g/mol. The molecular formula is C22H28N2O5S. The van der Waals surface area contributed by atoms with Crippen LogP contribution in [-0.4, -0.2) is 37.8 Å². The standard InChI is InChI=1S/C22H28N2O5S/c1-15-9-11-16(12-10-15)30(27,28)24-14-13-18(23-21(26)29-22(2,3)4)20(25)17-7-5-6-8-19(17)24/h5-12,18,20,25H,13-14H2,1-4H3,(H,23,26). The Hall–Kier alpha value is -2.58. The molecule has 2 unspecified atom stereocenters. The maximum atomic E-state index is 13.4. The number of sulfonamides is 1. The molecule has 0 aromatic heterocycles. The summed E-state index contributed by atoms with van der Waals surface area (Å²) in [6, 6.07) is 12.7. The fraction of sp³-hybridized carbons (Fsp3) is 0.409. The Morgan fingerprint density at radius 1 is 1.13 bits per heavy atom. The summed E-state index contributed by atoms with van der Waals surface area (Å²) in [6.45, 7) is 7.25. The van der Waals surface area contributed by atoms with Gasteiger partial charge in [0.15, 0.2) is 0 Å². The van der Waals surface area contributed by atoms with E-state index >= 15 is 0 Å². The minimum atomic E-state index is -3.84. The highest BCUT2D eigenvalue weighted by Gasteiger charge is 2.36. The molecule has 0 spiro atoms. The number of fused-ring (bicyclic) bond motifs is 1. The molecule has 0 bridgehead atoms. The number of aliphatic hydroxyl groups is 1. The van der Waals surface area contributed by atoms with Crippen LogP contribution < -0.4 is 9.62 Å². The summed E-state index contributed by atoms with van der Waals surface area (Å²) < 4.78 is 33.3. The number of alkyl carbamates (subject to hydrolysis) is 1. The molecule has 7 nitrogen and oxygen atoms in total. The van der Waals surface area contributed by atoms with Crippen LogP contribution in [0.4, 0.5) is 10.5 Å². The Bertz CT molecular complexity index is 1010. The summed E-state index contributed by atoms with van der Waals surface area (Å²) in [5.41, 5.74) is 1.12. The Balaban J connectivity index is 1.95. The van der Waals surface area contributed by atoms with Crippen LogP contribution in [0.3, 0.4) is 0 Å². The van der Waals surface area contributed by atoms with E-state index in [1.165, 1.54) is 4.31 Å². The zero-order valence-electron chi connectivity index (χ0n) is 17.6. The van der Waals surface area contributed by atoms with Crippen molar-refractivity contribution >= 4 is 21.8 Å². The first-order valence-electron chi connectivity index (χ1n) is 9.85. The van der Waals surface area contributed by atoms with Gasteiger partial charge in [-0.2, -0.15) is 0 Å². The molecule has 0 aliphatic carbocycles. The number of carbonyl (C=O) groups excluding carboxylic acids is 1. The molecule has 2 aromatic rings. The predicted octanol–water partition coefficient (Wildman–Crippen LogP) is 3.52. The number of hydrogen-bond acceptors (Lipinski definition) is 5. The Labute approximate surface area is 177 Å². The number of hydrogen-bond donors (Lipinski definition) is 2. The third-order valence-corrected chi connectivity index (χ3v) is 6.69. The van der Waals surface area contributed by atoms with Gasteiger partial charge in [-0.25, -0.2) is 13.2 Å². The molecule has 1 amide bonds. The Morgan fingerprint density at radius 2 is 1.77 bits per heavy atom. The molecule has 8 heteroatoms. The number of amides is 1. The van der Waals surface area contributed by atoms with Crippen molar-refractivity contribution in [2.75, 3.05) is 10.8 Å². The summed E-state index contributed by atoms with van der Waals surface area (Å²) in [6.07, 6.45) is -1.51. The van der Waals surface area contributed by atoms with Crippen LogP contribution in [0, 0.1) is 6.92 Å². The molecule has 1 aliphatic heterocycles. The molecule has 1 aliphatic rings. The summed E-state index contributed by atoms with van der Waals surface area (Å²) in [7, 11) is -3.84. The van der Waals surface area contributed by atoms with Gasteiger partial charge in [0, 0.05) is 12.1 Å². The summed E-state index contributed by atoms with van der Waals surface area (Å²) >= 11 is 0. The second-order valence-electron chi connectivity index (χ2n) is 8.44. The number of anilines is 1. The normalized spacial score (nSPS) is 19.6. The van der Waals surface area contributed by atoms with Gasteiger partial charge in [0.05, 0.1) is 16.6 Å². The molecule has 2 aromatic carbocycles. The van der Waals surface area contributed by atoms with Crippen molar-refractivity contribution in [3.8, 4) is 0 Å². The highest BCUT2D eigenvalue weighted by Crippen LogP contribution is 2.36. The molecule has 0 saturated carbocycles. The molecule has 3 rings (SSSR count). The van der Waals surface area contributed by atoms with Crippen LogP contribution in [0.2, 0.25) is 0 Å². The summed E-state index contributed by atoms with van der Waals surface area (Å²) in [5, 5.41) is 13.6. The highest BCUT2D eigenvalue weighted by molar-refractivity contribution is 7.92. The van der Waals surface area contributed by atoms with Gasteiger partial charge in [0.2, 0.25) is 0 Å². The van der Waals surface area contributed by atoms with E-state index in [9.17, 15) is 18.3 Å². The van der Waals surface area contributed by atoms with Crippen molar-refractivity contribution < 1.29 is 23.1 Å². The van der Waals surface area contributed by atoms with E-state index < -0.39 is 33.9 Å².